The van der Waals surface area contributed by atoms with E-state index in [1.54, 1.807) is 6.08 Å². The molecular weight excluding hydrogens is 326 g/mol. The summed E-state index contributed by atoms with van der Waals surface area (Å²) in [5.41, 5.74) is 3.92. The molecule has 0 bridgehead atoms. The second-order valence-electron chi connectivity index (χ2n) is 6.77. The summed E-state index contributed by atoms with van der Waals surface area (Å²) in [6.07, 6.45) is 3.39. The molecule has 132 valence electrons. The SMILES string of the molecule is Cc1[nH]nc2cc(/C=C/C(=O)NC3c4ccccc4OCC3C)ccc12. The largest absolute Gasteiger partial charge is 0.493 e. The summed E-state index contributed by atoms with van der Waals surface area (Å²) < 4.78 is 5.74. The Morgan fingerprint density at radius 2 is 2.15 bits per heavy atom. The average Bonchev–Trinajstić information content (AvgIpc) is 3.03. The van der Waals surface area contributed by atoms with E-state index in [1.807, 2.05) is 55.5 Å². The van der Waals surface area contributed by atoms with Gasteiger partial charge in [-0.1, -0.05) is 37.3 Å². The molecule has 2 N–H and O–H groups in total. The van der Waals surface area contributed by atoms with Gasteiger partial charge >= 0.3 is 0 Å². The first-order chi connectivity index (χ1) is 12.6. The quantitative estimate of drug-likeness (QED) is 0.709. The highest BCUT2D eigenvalue weighted by Gasteiger charge is 2.28. The minimum absolute atomic E-state index is 0.0476. The molecule has 0 saturated carbocycles. The van der Waals surface area contributed by atoms with E-state index >= 15 is 0 Å². The van der Waals surface area contributed by atoms with E-state index in [1.165, 1.54) is 0 Å². The molecule has 2 atom stereocenters. The zero-order chi connectivity index (χ0) is 18.1. The fourth-order valence-electron chi connectivity index (χ4n) is 3.35. The minimum atomic E-state index is -0.114. The molecule has 1 aliphatic heterocycles. The maximum atomic E-state index is 12.4. The van der Waals surface area contributed by atoms with Crippen LogP contribution >= 0.6 is 0 Å². The van der Waals surface area contributed by atoms with Gasteiger partial charge in [0.1, 0.15) is 5.75 Å². The number of nitrogens with one attached hydrogen (secondary N) is 2. The third kappa shape index (κ3) is 3.08. The van der Waals surface area contributed by atoms with Gasteiger partial charge in [0.05, 0.1) is 18.2 Å². The predicted molar refractivity (Wildman–Crippen MR) is 102 cm³/mol. The van der Waals surface area contributed by atoms with Crippen molar-refractivity contribution >= 4 is 22.9 Å². The van der Waals surface area contributed by atoms with Crippen LogP contribution in [0.25, 0.3) is 17.0 Å². The van der Waals surface area contributed by atoms with E-state index in [4.69, 9.17) is 4.74 Å². The van der Waals surface area contributed by atoms with Gasteiger partial charge in [-0.2, -0.15) is 5.10 Å². The molecule has 4 rings (SSSR count). The zero-order valence-electron chi connectivity index (χ0n) is 14.8. The first kappa shape index (κ1) is 16.4. The Hall–Kier alpha value is -3.08. The summed E-state index contributed by atoms with van der Waals surface area (Å²) in [7, 11) is 0. The molecule has 1 aromatic heterocycles. The van der Waals surface area contributed by atoms with E-state index in [9.17, 15) is 4.79 Å². The van der Waals surface area contributed by atoms with E-state index in [2.05, 4.69) is 22.4 Å². The van der Waals surface area contributed by atoms with Crippen LogP contribution in [0, 0.1) is 12.8 Å². The van der Waals surface area contributed by atoms with Gasteiger partial charge in [0, 0.05) is 28.6 Å². The number of fused-ring (bicyclic) bond motifs is 2. The van der Waals surface area contributed by atoms with Crippen LogP contribution < -0.4 is 10.1 Å². The number of para-hydroxylation sites is 1. The van der Waals surface area contributed by atoms with Crippen molar-refractivity contribution in [1.29, 1.82) is 0 Å². The number of aromatic amines is 1. The topological polar surface area (TPSA) is 67.0 Å². The Kier molecular flexibility index (Phi) is 4.21. The zero-order valence-corrected chi connectivity index (χ0v) is 14.8. The van der Waals surface area contributed by atoms with Crippen molar-refractivity contribution in [3.8, 4) is 5.75 Å². The maximum Gasteiger partial charge on any atom is 0.244 e. The normalized spacial score (nSPS) is 19.3. The standard InChI is InChI=1S/C21H21N3O2/c1-13-12-26-19-6-4-3-5-17(19)21(13)22-20(25)10-8-15-7-9-16-14(2)23-24-18(16)11-15/h3-11,13,21H,12H2,1-2H3,(H,22,25)(H,23,24)/b10-8+. The number of amides is 1. The van der Waals surface area contributed by atoms with Crippen molar-refractivity contribution in [2.24, 2.45) is 5.92 Å². The molecule has 1 amide bonds. The number of aromatic nitrogens is 2. The lowest BCUT2D eigenvalue weighted by Gasteiger charge is -2.31. The number of H-pyrrole nitrogens is 1. The van der Waals surface area contributed by atoms with Crippen LogP contribution in [0.4, 0.5) is 0 Å². The van der Waals surface area contributed by atoms with Crippen LogP contribution in [0.5, 0.6) is 5.75 Å². The van der Waals surface area contributed by atoms with Gasteiger partial charge in [-0.15, -0.1) is 0 Å². The van der Waals surface area contributed by atoms with Gasteiger partial charge in [0.2, 0.25) is 5.91 Å². The Labute approximate surface area is 152 Å². The second-order valence-corrected chi connectivity index (χ2v) is 6.77. The smallest absolute Gasteiger partial charge is 0.244 e. The summed E-state index contributed by atoms with van der Waals surface area (Å²) in [5, 5.41) is 11.4. The van der Waals surface area contributed by atoms with Crippen molar-refractivity contribution in [3.63, 3.8) is 0 Å². The average molecular weight is 347 g/mol. The summed E-state index contributed by atoms with van der Waals surface area (Å²) in [4.78, 5) is 12.4. The Morgan fingerprint density at radius 1 is 1.31 bits per heavy atom. The number of carbonyl (C=O) groups excluding carboxylic acids is 1. The summed E-state index contributed by atoms with van der Waals surface area (Å²) in [6.45, 7) is 4.67. The second kappa shape index (κ2) is 6.67. The van der Waals surface area contributed by atoms with Crippen LogP contribution in [-0.2, 0) is 4.79 Å². The van der Waals surface area contributed by atoms with Crippen molar-refractivity contribution in [1.82, 2.24) is 15.5 Å². The number of nitrogens with zero attached hydrogens (tertiary/aromatic N) is 1. The molecular formula is C21H21N3O2. The van der Waals surface area contributed by atoms with Crippen molar-refractivity contribution < 1.29 is 9.53 Å². The fraction of sp³-hybridized carbons (Fsp3) is 0.238. The molecule has 0 fully saturated rings. The summed E-state index contributed by atoms with van der Waals surface area (Å²) in [5.74, 6) is 0.946. The van der Waals surface area contributed by atoms with E-state index < -0.39 is 0 Å². The molecule has 2 unspecified atom stereocenters. The number of ether oxygens (including phenoxy) is 1. The van der Waals surface area contributed by atoms with E-state index in [-0.39, 0.29) is 17.9 Å². The minimum Gasteiger partial charge on any atom is -0.493 e. The Bertz CT molecular complexity index is 990. The first-order valence-electron chi connectivity index (χ1n) is 8.77. The fourth-order valence-corrected chi connectivity index (χ4v) is 3.35. The molecule has 5 heteroatoms. The van der Waals surface area contributed by atoms with E-state index in [0.29, 0.717) is 6.61 Å². The molecule has 0 radical (unpaired) electrons. The molecule has 0 aliphatic carbocycles. The lowest BCUT2D eigenvalue weighted by molar-refractivity contribution is -0.117. The van der Waals surface area contributed by atoms with Crippen molar-refractivity contribution in [2.45, 2.75) is 19.9 Å². The van der Waals surface area contributed by atoms with Crippen LogP contribution in [0.1, 0.15) is 29.8 Å². The number of carbonyl (C=O) groups is 1. The Morgan fingerprint density at radius 3 is 3.04 bits per heavy atom. The molecule has 2 heterocycles. The van der Waals surface area contributed by atoms with Gasteiger partial charge in [-0.05, 0) is 30.7 Å². The van der Waals surface area contributed by atoms with Crippen LogP contribution in [-0.4, -0.2) is 22.7 Å². The third-order valence-corrected chi connectivity index (χ3v) is 4.82. The molecule has 0 saturated heterocycles. The monoisotopic (exact) mass is 347 g/mol. The van der Waals surface area contributed by atoms with Gasteiger partial charge < -0.3 is 10.1 Å². The van der Waals surface area contributed by atoms with Crippen LogP contribution in [0.3, 0.4) is 0 Å². The number of hydrogen-bond acceptors (Lipinski definition) is 3. The molecule has 0 spiro atoms. The number of hydrogen-bond donors (Lipinski definition) is 2. The highest BCUT2D eigenvalue weighted by Crippen LogP contribution is 2.34. The number of benzene rings is 2. The van der Waals surface area contributed by atoms with Crippen molar-refractivity contribution in [2.75, 3.05) is 6.61 Å². The third-order valence-electron chi connectivity index (χ3n) is 4.82. The van der Waals surface area contributed by atoms with Gasteiger partial charge in [0.15, 0.2) is 0 Å². The highest BCUT2D eigenvalue weighted by atomic mass is 16.5. The van der Waals surface area contributed by atoms with Gasteiger partial charge in [-0.3, -0.25) is 9.89 Å². The Balaban J connectivity index is 1.50. The van der Waals surface area contributed by atoms with Crippen LogP contribution in [0.15, 0.2) is 48.5 Å². The molecule has 2 aromatic carbocycles. The molecule has 26 heavy (non-hydrogen) atoms. The van der Waals surface area contributed by atoms with Crippen LogP contribution in [0.2, 0.25) is 0 Å². The van der Waals surface area contributed by atoms with E-state index in [0.717, 1.165) is 33.5 Å². The summed E-state index contributed by atoms with van der Waals surface area (Å²) in [6, 6.07) is 13.8. The predicted octanol–water partition coefficient (Wildman–Crippen LogP) is 3.77. The van der Waals surface area contributed by atoms with Crippen molar-refractivity contribution in [3.05, 3.63) is 65.4 Å². The maximum absolute atomic E-state index is 12.4. The first-order valence-corrected chi connectivity index (χ1v) is 8.77. The van der Waals surface area contributed by atoms with Gasteiger partial charge in [0.25, 0.3) is 0 Å². The highest BCUT2D eigenvalue weighted by molar-refractivity contribution is 5.93. The number of aryl methyl sites for hydroxylation is 1. The van der Waals surface area contributed by atoms with Gasteiger partial charge in [-0.25, -0.2) is 0 Å². The lowest BCUT2D eigenvalue weighted by Crippen LogP contribution is -2.36. The molecule has 3 aromatic rings. The lowest BCUT2D eigenvalue weighted by atomic mass is 9.92. The molecule has 5 nitrogen and oxygen atoms in total. The molecule has 1 aliphatic rings. The summed E-state index contributed by atoms with van der Waals surface area (Å²) >= 11 is 0. The number of rotatable bonds is 3.